The van der Waals surface area contributed by atoms with Crippen molar-refractivity contribution in [2.45, 2.75) is 12.5 Å². The van der Waals surface area contributed by atoms with E-state index in [9.17, 15) is 14.3 Å². The first-order valence-electron chi connectivity index (χ1n) is 7.54. The molecule has 0 aliphatic carbocycles. The largest absolute Gasteiger partial charge is 0.468 e. The van der Waals surface area contributed by atoms with E-state index in [1.807, 2.05) is 4.90 Å². The van der Waals surface area contributed by atoms with E-state index in [1.54, 1.807) is 18.2 Å². The van der Waals surface area contributed by atoms with E-state index in [4.69, 9.17) is 0 Å². The summed E-state index contributed by atoms with van der Waals surface area (Å²) in [4.78, 5) is 15.5. The molecule has 1 N–H and O–H groups in total. The van der Waals surface area contributed by atoms with Crippen molar-refractivity contribution in [3.63, 3.8) is 0 Å². The van der Waals surface area contributed by atoms with Crippen molar-refractivity contribution >= 4 is 5.97 Å². The van der Waals surface area contributed by atoms with E-state index in [1.165, 1.54) is 13.2 Å². The Bertz CT molecular complexity index is 498. The van der Waals surface area contributed by atoms with Gasteiger partial charge in [0.15, 0.2) is 0 Å². The molecule has 0 radical (unpaired) electrons. The summed E-state index contributed by atoms with van der Waals surface area (Å²) < 4.78 is 18.4. The highest BCUT2D eigenvalue weighted by Gasteiger charge is 2.20. The van der Waals surface area contributed by atoms with E-state index < -0.39 is 6.10 Å². The number of halogens is 1. The van der Waals surface area contributed by atoms with Crippen LogP contribution in [0.4, 0.5) is 4.39 Å². The van der Waals surface area contributed by atoms with Gasteiger partial charge in [-0.15, -0.1) is 0 Å². The molecule has 1 aromatic rings. The summed E-state index contributed by atoms with van der Waals surface area (Å²) in [6, 6.07) is 6.31. The minimum Gasteiger partial charge on any atom is -0.468 e. The number of nitrogens with zero attached hydrogens (tertiary/aromatic N) is 2. The molecule has 5 nitrogen and oxygen atoms in total. The molecule has 0 spiro atoms. The first kappa shape index (κ1) is 16.9. The topological polar surface area (TPSA) is 53.0 Å². The van der Waals surface area contributed by atoms with Gasteiger partial charge < -0.3 is 9.84 Å². The summed E-state index contributed by atoms with van der Waals surface area (Å²) in [6.45, 7) is 3.80. The fourth-order valence-electron chi connectivity index (χ4n) is 2.70. The molecule has 1 saturated heterocycles. The molecular weight excluding hydrogens is 287 g/mol. The molecule has 1 atom stereocenters. The number of ether oxygens (including phenoxy) is 1. The number of rotatable bonds is 5. The SMILES string of the molecule is COC(=O)CN1CCCN(CC(O)c2ccccc2F)CC1. The summed E-state index contributed by atoms with van der Waals surface area (Å²) in [5, 5.41) is 10.2. The highest BCUT2D eigenvalue weighted by molar-refractivity contribution is 5.71. The van der Waals surface area contributed by atoms with Gasteiger partial charge in [-0.05, 0) is 19.0 Å². The molecule has 1 fully saturated rings. The van der Waals surface area contributed by atoms with Crippen molar-refractivity contribution in [2.24, 2.45) is 0 Å². The van der Waals surface area contributed by atoms with Crippen LogP contribution >= 0.6 is 0 Å². The second-order valence-electron chi connectivity index (χ2n) is 5.54. The summed E-state index contributed by atoms with van der Waals surface area (Å²) in [5.41, 5.74) is 0.332. The Morgan fingerprint density at radius 1 is 1.27 bits per heavy atom. The lowest BCUT2D eigenvalue weighted by Crippen LogP contribution is -2.36. The normalized spacial score (nSPS) is 18.7. The Labute approximate surface area is 130 Å². The molecule has 122 valence electrons. The van der Waals surface area contributed by atoms with Crippen molar-refractivity contribution in [3.8, 4) is 0 Å². The molecule has 22 heavy (non-hydrogen) atoms. The molecular formula is C16H23FN2O3. The van der Waals surface area contributed by atoms with E-state index in [-0.39, 0.29) is 11.8 Å². The van der Waals surface area contributed by atoms with Crippen molar-refractivity contribution in [3.05, 3.63) is 35.6 Å². The maximum Gasteiger partial charge on any atom is 0.319 e. The molecule has 1 unspecified atom stereocenters. The van der Waals surface area contributed by atoms with Crippen LogP contribution in [-0.4, -0.2) is 67.3 Å². The van der Waals surface area contributed by atoms with Crippen molar-refractivity contribution in [2.75, 3.05) is 46.4 Å². The number of β-amino-alcohol motifs (C(OH)–C–C–N with tert-alkyl or cyclic N) is 1. The Balaban J connectivity index is 1.86. The third-order valence-corrected chi connectivity index (χ3v) is 3.96. The van der Waals surface area contributed by atoms with Crippen molar-refractivity contribution < 1.29 is 19.0 Å². The van der Waals surface area contributed by atoms with Gasteiger partial charge in [0.05, 0.1) is 19.8 Å². The lowest BCUT2D eigenvalue weighted by molar-refractivity contribution is -0.141. The van der Waals surface area contributed by atoms with E-state index in [0.29, 0.717) is 18.7 Å². The summed E-state index contributed by atoms with van der Waals surface area (Å²) in [7, 11) is 1.39. The van der Waals surface area contributed by atoms with Crippen LogP contribution in [0.3, 0.4) is 0 Å². The summed E-state index contributed by atoms with van der Waals surface area (Å²) >= 11 is 0. The van der Waals surface area contributed by atoms with Crippen LogP contribution < -0.4 is 0 Å². The van der Waals surface area contributed by atoms with Gasteiger partial charge in [0.25, 0.3) is 0 Å². The number of aliphatic hydroxyl groups is 1. The van der Waals surface area contributed by atoms with E-state index >= 15 is 0 Å². The Hall–Kier alpha value is -1.50. The Kier molecular flexibility index (Phi) is 6.30. The molecule has 0 aromatic heterocycles. The van der Waals surface area contributed by atoms with Crippen LogP contribution in [0.2, 0.25) is 0 Å². The van der Waals surface area contributed by atoms with Crippen molar-refractivity contribution in [1.29, 1.82) is 0 Å². The van der Waals surface area contributed by atoms with Crippen LogP contribution in [0, 0.1) is 5.82 Å². The van der Waals surface area contributed by atoms with Gasteiger partial charge in [0.1, 0.15) is 5.82 Å². The quantitative estimate of drug-likeness (QED) is 0.824. The number of carbonyl (C=O) groups is 1. The maximum absolute atomic E-state index is 13.7. The number of hydrogen-bond donors (Lipinski definition) is 1. The Morgan fingerprint density at radius 2 is 1.95 bits per heavy atom. The van der Waals surface area contributed by atoms with Gasteiger partial charge in [-0.2, -0.15) is 0 Å². The first-order chi connectivity index (χ1) is 10.6. The number of carbonyl (C=O) groups excluding carboxylic acids is 1. The molecule has 2 rings (SSSR count). The molecule has 1 aromatic carbocycles. The minimum atomic E-state index is -0.839. The lowest BCUT2D eigenvalue weighted by Gasteiger charge is -2.24. The second-order valence-corrected chi connectivity index (χ2v) is 5.54. The average Bonchev–Trinajstić information content (AvgIpc) is 2.73. The fraction of sp³-hybridized carbons (Fsp3) is 0.562. The van der Waals surface area contributed by atoms with Gasteiger partial charge in [-0.25, -0.2) is 4.39 Å². The van der Waals surface area contributed by atoms with Crippen LogP contribution in [0.15, 0.2) is 24.3 Å². The van der Waals surface area contributed by atoms with Crippen LogP contribution in [0.5, 0.6) is 0 Å². The van der Waals surface area contributed by atoms with Crippen molar-refractivity contribution in [1.82, 2.24) is 9.80 Å². The molecule has 1 aliphatic heterocycles. The number of hydrogen-bond acceptors (Lipinski definition) is 5. The number of benzene rings is 1. The van der Waals surface area contributed by atoms with Crippen LogP contribution in [0.25, 0.3) is 0 Å². The zero-order valence-corrected chi connectivity index (χ0v) is 12.9. The predicted octanol–water partition coefficient (Wildman–Crippen LogP) is 1.04. The molecule has 0 bridgehead atoms. The fourth-order valence-corrected chi connectivity index (χ4v) is 2.70. The van der Waals surface area contributed by atoms with Gasteiger partial charge in [-0.3, -0.25) is 14.6 Å². The number of methoxy groups -OCH3 is 1. The highest BCUT2D eigenvalue weighted by Crippen LogP contribution is 2.18. The maximum atomic E-state index is 13.7. The van der Waals surface area contributed by atoms with Gasteiger partial charge in [0, 0.05) is 31.7 Å². The third kappa shape index (κ3) is 4.76. The monoisotopic (exact) mass is 310 g/mol. The highest BCUT2D eigenvalue weighted by atomic mass is 19.1. The van der Waals surface area contributed by atoms with E-state index in [2.05, 4.69) is 9.64 Å². The standard InChI is InChI=1S/C16H23FN2O3/c1-22-16(21)12-19-8-4-7-18(9-10-19)11-15(20)13-5-2-3-6-14(13)17/h2-3,5-6,15,20H,4,7-12H2,1H3. The molecule has 6 heteroatoms. The Morgan fingerprint density at radius 3 is 2.68 bits per heavy atom. The van der Waals surface area contributed by atoms with Gasteiger partial charge in [0.2, 0.25) is 0 Å². The zero-order chi connectivity index (χ0) is 15.9. The third-order valence-electron chi connectivity index (χ3n) is 3.96. The lowest BCUT2D eigenvalue weighted by atomic mass is 10.1. The average molecular weight is 310 g/mol. The second kappa shape index (κ2) is 8.22. The summed E-state index contributed by atoms with van der Waals surface area (Å²) in [5.74, 6) is -0.614. The summed E-state index contributed by atoms with van der Waals surface area (Å²) in [6.07, 6.45) is 0.0643. The zero-order valence-electron chi connectivity index (χ0n) is 12.9. The van der Waals surface area contributed by atoms with Gasteiger partial charge in [-0.1, -0.05) is 18.2 Å². The molecule has 1 aliphatic rings. The minimum absolute atomic E-state index is 0.236. The van der Waals surface area contributed by atoms with E-state index in [0.717, 1.165) is 32.6 Å². The van der Waals surface area contributed by atoms with Crippen LogP contribution in [0.1, 0.15) is 18.1 Å². The van der Waals surface area contributed by atoms with Gasteiger partial charge >= 0.3 is 5.97 Å². The molecule has 0 amide bonds. The van der Waals surface area contributed by atoms with Crippen LogP contribution in [-0.2, 0) is 9.53 Å². The number of esters is 1. The molecule has 0 saturated carbocycles. The molecule has 1 heterocycles. The first-order valence-corrected chi connectivity index (χ1v) is 7.54. The number of aliphatic hydroxyl groups excluding tert-OH is 1. The predicted molar refractivity (Wildman–Crippen MR) is 80.9 cm³/mol. The smallest absolute Gasteiger partial charge is 0.319 e.